The molecule has 0 aliphatic carbocycles. The van der Waals surface area contributed by atoms with Crippen molar-refractivity contribution in [1.82, 2.24) is 0 Å². The van der Waals surface area contributed by atoms with Crippen LogP contribution in [0.25, 0.3) is 6.08 Å². The summed E-state index contributed by atoms with van der Waals surface area (Å²) in [5.41, 5.74) is 1.35. The van der Waals surface area contributed by atoms with Crippen molar-refractivity contribution in [3.05, 3.63) is 66.8 Å². The van der Waals surface area contributed by atoms with Crippen LogP contribution in [0.3, 0.4) is 0 Å². The number of carbonyl (C=O) groups excluding carboxylic acids is 2. The largest absolute Gasteiger partial charge is 0.545 e. The summed E-state index contributed by atoms with van der Waals surface area (Å²) in [5, 5.41) is 20.4. The van der Waals surface area contributed by atoms with Crippen LogP contribution in [0, 0.1) is 5.92 Å². The molecule has 1 rings (SSSR count). The van der Waals surface area contributed by atoms with Crippen molar-refractivity contribution in [3.63, 3.8) is 0 Å². The average Bonchev–Trinajstić information content (AvgIpc) is 2.71. The Bertz CT molecular complexity index is 738. The van der Waals surface area contributed by atoms with Crippen LogP contribution in [-0.2, 0) is 14.3 Å². The highest BCUT2D eigenvalue weighted by Crippen LogP contribution is 2.22. The average molecular weight is 468 g/mol. The Labute approximate surface area is 198 Å². The highest BCUT2D eigenvalue weighted by atomic mass is 35.5. The summed E-state index contributed by atoms with van der Waals surface area (Å²) in [5.74, 6) is -2.38. The molecule has 0 aliphatic heterocycles. The van der Waals surface area contributed by atoms with Gasteiger partial charge in [0, 0.05) is 11.5 Å². The zero-order chi connectivity index (χ0) is 24.0. The second kappa shape index (κ2) is 16.3. The molecule has 1 N–H and O–H groups in total. The van der Waals surface area contributed by atoms with Gasteiger partial charge in [-0.3, -0.25) is 4.48 Å². The number of quaternary nitrogens is 1. The number of carboxylic acid groups (broad SMARTS) is 1. The standard InChI is InChI=1S/C17H29NO5.C8H8.ClH/c1-7-8-9-14(10-11-15(20)21)12(2)17(22)23-16(13(3)19)18(4,5)6;1-2-8-6-4-3-5-7-8;/h10-11,13-14,16,19H,2,7-9H2,1,3-6H3;2-7H,1H2;1H. The highest BCUT2D eigenvalue weighted by Gasteiger charge is 2.34. The minimum Gasteiger partial charge on any atom is -0.545 e. The van der Waals surface area contributed by atoms with E-state index in [1.807, 2.05) is 43.3 Å². The van der Waals surface area contributed by atoms with Crippen LogP contribution in [0.15, 0.2) is 61.2 Å². The van der Waals surface area contributed by atoms with Gasteiger partial charge in [0.1, 0.15) is 6.10 Å². The fourth-order valence-corrected chi connectivity index (χ4v) is 2.84. The number of unbranched alkanes of at least 4 members (excludes halogenated alkanes) is 1. The summed E-state index contributed by atoms with van der Waals surface area (Å²) in [6.45, 7) is 10.9. The molecule has 0 spiro atoms. The number of aliphatic hydroxyl groups is 1. The maximum absolute atomic E-state index is 12.3. The van der Waals surface area contributed by atoms with Crippen LogP contribution in [0.5, 0.6) is 0 Å². The fourth-order valence-electron chi connectivity index (χ4n) is 2.84. The number of allylic oxidation sites excluding steroid dienone is 1. The molecule has 0 radical (unpaired) electrons. The van der Waals surface area contributed by atoms with Gasteiger partial charge in [-0.15, -0.1) is 12.4 Å². The Balaban J connectivity index is 0. The molecule has 1 aromatic carbocycles. The van der Waals surface area contributed by atoms with E-state index in [9.17, 15) is 19.8 Å². The molecule has 0 amide bonds. The van der Waals surface area contributed by atoms with Gasteiger partial charge in [0.15, 0.2) is 0 Å². The van der Waals surface area contributed by atoms with Gasteiger partial charge in [0.2, 0.25) is 0 Å². The third kappa shape index (κ3) is 13.1. The lowest BCUT2D eigenvalue weighted by molar-refractivity contribution is -0.920. The Hall–Kier alpha value is -2.41. The van der Waals surface area contributed by atoms with E-state index in [2.05, 4.69) is 13.2 Å². The van der Waals surface area contributed by atoms with Crippen molar-refractivity contribution < 1.29 is 29.0 Å². The maximum atomic E-state index is 12.3. The zero-order valence-electron chi connectivity index (χ0n) is 19.8. The van der Waals surface area contributed by atoms with Gasteiger partial charge in [-0.05, 0) is 25.0 Å². The topological polar surface area (TPSA) is 86.7 Å². The number of nitrogens with zero attached hydrogens (tertiary/aromatic N) is 1. The lowest BCUT2D eigenvalue weighted by Gasteiger charge is -2.35. The lowest BCUT2D eigenvalue weighted by Crippen LogP contribution is -2.53. The summed E-state index contributed by atoms with van der Waals surface area (Å²) in [4.78, 5) is 22.9. The molecular weight excluding hydrogens is 430 g/mol. The van der Waals surface area contributed by atoms with Crippen LogP contribution in [-0.4, -0.2) is 55.0 Å². The zero-order valence-corrected chi connectivity index (χ0v) is 20.6. The molecule has 1 aromatic rings. The number of likely N-dealkylation sites (N-methyl/N-ethyl adjacent to an activating group) is 1. The molecule has 0 saturated heterocycles. The highest BCUT2D eigenvalue weighted by molar-refractivity contribution is 5.89. The van der Waals surface area contributed by atoms with Crippen molar-refractivity contribution >= 4 is 30.4 Å². The van der Waals surface area contributed by atoms with E-state index in [-0.39, 0.29) is 22.5 Å². The molecule has 180 valence electrons. The fraction of sp³-hybridized carbons (Fsp3) is 0.440. The second-order valence-corrected chi connectivity index (χ2v) is 8.22. The number of ether oxygens (including phenoxy) is 1. The van der Waals surface area contributed by atoms with Gasteiger partial charge in [-0.1, -0.05) is 75.4 Å². The van der Waals surface area contributed by atoms with Crippen LogP contribution >= 0.6 is 12.4 Å². The van der Waals surface area contributed by atoms with Gasteiger partial charge in [0.25, 0.3) is 6.23 Å². The second-order valence-electron chi connectivity index (χ2n) is 8.22. The summed E-state index contributed by atoms with van der Waals surface area (Å²) < 4.78 is 5.63. The SMILES string of the molecule is C=C(C(=O)OC(C(C)O)[N+](C)(C)C)C(C=CC(=O)[O-])CCCC.C=Cc1ccccc1.Cl. The number of carbonyl (C=O) groups is 2. The van der Waals surface area contributed by atoms with Crippen LogP contribution in [0.1, 0.15) is 38.7 Å². The molecule has 3 unspecified atom stereocenters. The first-order valence-corrected chi connectivity index (χ1v) is 10.4. The van der Waals surface area contributed by atoms with Crippen molar-refractivity contribution in [2.75, 3.05) is 21.1 Å². The summed E-state index contributed by atoms with van der Waals surface area (Å²) in [6, 6.07) is 10.0. The molecule has 0 fully saturated rings. The number of aliphatic hydroxyl groups excluding tert-OH is 1. The van der Waals surface area contributed by atoms with E-state index in [4.69, 9.17) is 4.74 Å². The summed E-state index contributed by atoms with van der Waals surface area (Å²) in [7, 11) is 5.41. The van der Waals surface area contributed by atoms with Gasteiger partial charge >= 0.3 is 5.97 Å². The van der Waals surface area contributed by atoms with Crippen LogP contribution < -0.4 is 5.11 Å². The van der Waals surface area contributed by atoms with Gasteiger partial charge in [-0.2, -0.15) is 0 Å². The quantitative estimate of drug-likeness (QED) is 0.233. The lowest BCUT2D eigenvalue weighted by atomic mass is 9.94. The summed E-state index contributed by atoms with van der Waals surface area (Å²) >= 11 is 0. The van der Waals surface area contributed by atoms with Crippen molar-refractivity contribution in [3.8, 4) is 0 Å². The first-order chi connectivity index (χ1) is 14.4. The van der Waals surface area contributed by atoms with Crippen molar-refractivity contribution in [2.45, 2.75) is 45.4 Å². The van der Waals surface area contributed by atoms with Gasteiger partial charge in [0.05, 0.1) is 27.1 Å². The van der Waals surface area contributed by atoms with E-state index in [1.54, 1.807) is 28.1 Å². The Kier molecular flexibility index (Phi) is 16.1. The number of benzene rings is 1. The number of hydrogen-bond acceptors (Lipinski definition) is 5. The molecule has 6 nitrogen and oxygen atoms in total. The number of carboxylic acids is 1. The number of halogens is 1. The van der Waals surface area contributed by atoms with E-state index >= 15 is 0 Å². The summed E-state index contributed by atoms with van der Waals surface area (Å²) in [6.07, 6.45) is 4.88. The number of aliphatic carboxylic acids is 1. The Morgan fingerprint density at radius 3 is 2.16 bits per heavy atom. The first-order valence-electron chi connectivity index (χ1n) is 10.4. The molecule has 0 bridgehead atoms. The van der Waals surface area contributed by atoms with E-state index in [0.717, 1.165) is 18.9 Å². The smallest absolute Gasteiger partial charge is 0.338 e. The van der Waals surface area contributed by atoms with Gasteiger partial charge < -0.3 is 19.7 Å². The predicted octanol–water partition coefficient (Wildman–Crippen LogP) is 3.36. The minimum absolute atomic E-state index is 0. The van der Waals surface area contributed by atoms with Crippen LogP contribution in [0.4, 0.5) is 0 Å². The number of rotatable bonds is 11. The molecular formula is C25H38ClNO5. The number of esters is 1. The molecule has 0 aliphatic rings. The van der Waals surface area contributed by atoms with Crippen molar-refractivity contribution in [2.24, 2.45) is 5.92 Å². The number of hydrogen-bond donors (Lipinski definition) is 1. The molecule has 32 heavy (non-hydrogen) atoms. The molecule has 0 aromatic heterocycles. The van der Waals surface area contributed by atoms with E-state index in [0.29, 0.717) is 6.42 Å². The van der Waals surface area contributed by atoms with E-state index < -0.39 is 30.2 Å². The van der Waals surface area contributed by atoms with Crippen LogP contribution in [0.2, 0.25) is 0 Å². The van der Waals surface area contributed by atoms with Gasteiger partial charge in [-0.25, -0.2) is 4.79 Å². The predicted molar refractivity (Wildman–Crippen MR) is 130 cm³/mol. The monoisotopic (exact) mass is 467 g/mol. The third-order valence-corrected chi connectivity index (χ3v) is 4.48. The maximum Gasteiger partial charge on any atom is 0.338 e. The minimum atomic E-state index is -1.32. The molecule has 3 atom stereocenters. The Morgan fingerprint density at radius 2 is 1.78 bits per heavy atom. The first kappa shape index (κ1) is 31.8. The van der Waals surface area contributed by atoms with Crippen molar-refractivity contribution in [1.29, 1.82) is 0 Å². The molecule has 0 heterocycles. The molecule has 0 saturated carbocycles. The van der Waals surface area contributed by atoms with E-state index in [1.165, 1.54) is 11.6 Å². The normalized spacial score (nSPS) is 13.6. The third-order valence-electron chi connectivity index (χ3n) is 4.48. The molecule has 7 heteroatoms. The Morgan fingerprint density at radius 1 is 1.22 bits per heavy atom.